The molecule has 2 heterocycles. The summed E-state index contributed by atoms with van der Waals surface area (Å²) < 4.78 is 7.17. The molecule has 2 aromatic heterocycles. The molecule has 0 atom stereocenters. The molecular formula is C18H15N5O2S. The molecule has 0 spiro atoms. The van der Waals surface area contributed by atoms with Gasteiger partial charge in [0.1, 0.15) is 5.75 Å². The Morgan fingerprint density at radius 1 is 1.12 bits per heavy atom. The zero-order valence-corrected chi connectivity index (χ0v) is 14.7. The van der Waals surface area contributed by atoms with Crippen LogP contribution in [-0.2, 0) is 4.79 Å². The summed E-state index contributed by atoms with van der Waals surface area (Å²) in [4.78, 5) is 12.7. The predicted octanol–water partition coefficient (Wildman–Crippen LogP) is 3.18. The number of aryl methyl sites for hydroxylation is 1. The Morgan fingerprint density at radius 3 is 2.69 bits per heavy atom. The van der Waals surface area contributed by atoms with E-state index in [0.29, 0.717) is 21.7 Å². The maximum Gasteiger partial charge on any atom is 0.264 e. The minimum Gasteiger partial charge on any atom is -0.483 e. The van der Waals surface area contributed by atoms with Gasteiger partial charge in [-0.1, -0.05) is 59.9 Å². The van der Waals surface area contributed by atoms with E-state index < -0.39 is 0 Å². The van der Waals surface area contributed by atoms with E-state index in [2.05, 4.69) is 20.6 Å². The van der Waals surface area contributed by atoms with Crippen molar-refractivity contribution < 1.29 is 9.53 Å². The van der Waals surface area contributed by atoms with Gasteiger partial charge in [-0.15, -0.1) is 15.3 Å². The van der Waals surface area contributed by atoms with Crippen LogP contribution in [0.2, 0.25) is 0 Å². The quantitative estimate of drug-likeness (QED) is 0.587. The molecule has 8 heteroatoms. The molecule has 0 aliphatic carbocycles. The summed E-state index contributed by atoms with van der Waals surface area (Å²) in [5, 5.41) is 15.8. The number of nitrogens with zero attached hydrogens (tertiary/aromatic N) is 4. The van der Waals surface area contributed by atoms with Gasteiger partial charge in [-0.25, -0.2) is 0 Å². The smallest absolute Gasteiger partial charge is 0.264 e. The van der Waals surface area contributed by atoms with Crippen LogP contribution in [0, 0.1) is 6.92 Å². The minimum absolute atomic E-state index is 0.0868. The van der Waals surface area contributed by atoms with Crippen molar-refractivity contribution >= 4 is 27.3 Å². The van der Waals surface area contributed by atoms with E-state index in [1.807, 2.05) is 61.5 Å². The van der Waals surface area contributed by atoms with Crippen LogP contribution in [0.5, 0.6) is 5.75 Å². The van der Waals surface area contributed by atoms with Gasteiger partial charge in [-0.2, -0.15) is 4.52 Å². The number of rotatable bonds is 5. The number of nitrogens with one attached hydrogen (secondary N) is 1. The molecule has 0 bridgehead atoms. The minimum atomic E-state index is -0.278. The third-order valence-electron chi connectivity index (χ3n) is 3.72. The lowest BCUT2D eigenvalue weighted by atomic mass is 10.2. The van der Waals surface area contributed by atoms with Crippen LogP contribution in [-0.4, -0.2) is 32.3 Å². The number of hydrogen-bond acceptors (Lipinski definition) is 6. The van der Waals surface area contributed by atoms with Crippen molar-refractivity contribution in [3.63, 3.8) is 0 Å². The number of carbonyl (C=O) groups excluding carboxylic acids is 1. The molecule has 4 aromatic rings. The molecule has 0 aliphatic rings. The zero-order chi connectivity index (χ0) is 17.9. The van der Waals surface area contributed by atoms with Gasteiger partial charge < -0.3 is 4.74 Å². The number of ether oxygens (including phenoxy) is 1. The van der Waals surface area contributed by atoms with E-state index in [4.69, 9.17) is 4.74 Å². The second-order valence-electron chi connectivity index (χ2n) is 5.59. The second-order valence-corrected chi connectivity index (χ2v) is 6.55. The highest BCUT2D eigenvalue weighted by atomic mass is 32.1. The van der Waals surface area contributed by atoms with E-state index in [0.717, 1.165) is 11.1 Å². The fraction of sp³-hybridized carbons (Fsp3) is 0.111. The molecule has 0 unspecified atom stereocenters. The van der Waals surface area contributed by atoms with Gasteiger partial charge in [0.15, 0.2) is 12.4 Å². The topological polar surface area (TPSA) is 81.4 Å². The molecule has 1 N–H and O–H groups in total. The Hall–Kier alpha value is -3.26. The molecule has 0 saturated heterocycles. The molecule has 0 fully saturated rings. The fourth-order valence-corrected chi connectivity index (χ4v) is 3.21. The summed E-state index contributed by atoms with van der Waals surface area (Å²) in [6, 6.07) is 17.2. The van der Waals surface area contributed by atoms with Crippen LogP contribution in [0.3, 0.4) is 0 Å². The number of benzene rings is 2. The van der Waals surface area contributed by atoms with Gasteiger partial charge in [0, 0.05) is 5.56 Å². The number of anilines is 1. The lowest BCUT2D eigenvalue weighted by Gasteiger charge is -2.07. The zero-order valence-electron chi connectivity index (χ0n) is 13.9. The summed E-state index contributed by atoms with van der Waals surface area (Å²) in [6.45, 7) is 1.84. The SMILES string of the molecule is Cc1ccccc1OCC(=O)Nc1nn2c(-c3ccccc3)nnc2s1. The Bertz CT molecular complexity index is 1060. The molecule has 4 rings (SSSR count). The van der Waals surface area contributed by atoms with Gasteiger partial charge in [0.05, 0.1) is 0 Å². The Labute approximate surface area is 153 Å². The molecular weight excluding hydrogens is 350 g/mol. The van der Waals surface area contributed by atoms with Gasteiger partial charge >= 0.3 is 0 Å². The normalized spacial score (nSPS) is 10.8. The average Bonchev–Trinajstić information content (AvgIpc) is 3.22. The first-order valence-electron chi connectivity index (χ1n) is 7.96. The fourth-order valence-electron chi connectivity index (χ4n) is 2.45. The molecule has 1 amide bonds. The number of fused-ring (bicyclic) bond motifs is 1. The predicted molar refractivity (Wildman–Crippen MR) is 99.4 cm³/mol. The monoisotopic (exact) mass is 365 g/mol. The largest absolute Gasteiger partial charge is 0.483 e. The van der Waals surface area contributed by atoms with Gasteiger partial charge in [0.25, 0.3) is 5.91 Å². The van der Waals surface area contributed by atoms with Crippen molar-refractivity contribution in [1.82, 2.24) is 19.8 Å². The van der Waals surface area contributed by atoms with Crippen molar-refractivity contribution in [3.05, 3.63) is 60.2 Å². The number of aromatic nitrogens is 4. The summed E-state index contributed by atoms with van der Waals surface area (Å²) in [5.74, 6) is 1.04. The Balaban J connectivity index is 1.47. The van der Waals surface area contributed by atoms with Crippen LogP contribution >= 0.6 is 11.3 Å². The van der Waals surface area contributed by atoms with E-state index in [9.17, 15) is 4.79 Å². The first-order chi connectivity index (χ1) is 12.7. The van der Waals surface area contributed by atoms with Crippen molar-refractivity contribution in [2.45, 2.75) is 6.92 Å². The second kappa shape index (κ2) is 6.93. The summed E-state index contributed by atoms with van der Waals surface area (Å²) >= 11 is 1.26. The molecule has 2 aromatic carbocycles. The number of para-hydroxylation sites is 1. The van der Waals surface area contributed by atoms with Crippen LogP contribution < -0.4 is 10.1 Å². The highest BCUT2D eigenvalue weighted by molar-refractivity contribution is 7.20. The number of hydrogen-bond donors (Lipinski definition) is 1. The number of amides is 1. The Morgan fingerprint density at radius 2 is 1.88 bits per heavy atom. The van der Waals surface area contributed by atoms with Crippen molar-refractivity contribution in [2.24, 2.45) is 0 Å². The molecule has 7 nitrogen and oxygen atoms in total. The van der Waals surface area contributed by atoms with E-state index in [1.165, 1.54) is 11.3 Å². The average molecular weight is 365 g/mol. The lowest BCUT2D eigenvalue weighted by molar-refractivity contribution is -0.118. The maximum absolute atomic E-state index is 12.1. The van der Waals surface area contributed by atoms with Crippen LogP contribution in [0.15, 0.2) is 54.6 Å². The Kier molecular flexibility index (Phi) is 4.32. The van der Waals surface area contributed by atoms with Gasteiger partial charge in [0.2, 0.25) is 10.1 Å². The standard InChI is InChI=1S/C18H15N5O2S/c1-12-7-5-6-10-14(12)25-11-15(24)19-17-22-23-16(20-21-18(23)26-17)13-8-3-2-4-9-13/h2-10H,11H2,1H3,(H,19,22,24). The first kappa shape index (κ1) is 16.2. The third kappa shape index (κ3) is 3.27. The van der Waals surface area contributed by atoms with E-state index in [1.54, 1.807) is 4.52 Å². The summed E-state index contributed by atoms with van der Waals surface area (Å²) in [7, 11) is 0. The van der Waals surface area contributed by atoms with Crippen LogP contribution in [0.25, 0.3) is 16.3 Å². The molecule has 0 aliphatic heterocycles. The van der Waals surface area contributed by atoms with E-state index >= 15 is 0 Å². The lowest BCUT2D eigenvalue weighted by Crippen LogP contribution is -2.20. The highest BCUT2D eigenvalue weighted by Gasteiger charge is 2.15. The van der Waals surface area contributed by atoms with E-state index in [-0.39, 0.29) is 12.5 Å². The van der Waals surface area contributed by atoms with Crippen LogP contribution in [0.4, 0.5) is 5.13 Å². The first-order valence-corrected chi connectivity index (χ1v) is 8.78. The summed E-state index contributed by atoms with van der Waals surface area (Å²) in [6.07, 6.45) is 0. The van der Waals surface area contributed by atoms with Crippen molar-refractivity contribution in [3.8, 4) is 17.1 Å². The van der Waals surface area contributed by atoms with Crippen molar-refractivity contribution in [1.29, 1.82) is 0 Å². The molecule has 26 heavy (non-hydrogen) atoms. The molecule has 0 radical (unpaired) electrons. The van der Waals surface area contributed by atoms with Crippen molar-refractivity contribution in [2.75, 3.05) is 11.9 Å². The third-order valence-corrected chi connectivity index (χ3v) is 4.54. The number of carbonyl (C=O) groups is 1. The summed E-state index contributed by atoms with van der Waals surface area (Å²) in [5.41, 5.74) is 1.89. The van der Waals surface area contributed by atoms with Crippen LogP contribution in [0.1, 0.15) is 5.56 Å². The van der Waals surface area contributed by atoms with Gasteiger partial charge in [-0.05, 0) is 18.6 Å². The maximum atomic E-state index is 12.1. The highest BCUT2D eigenvalue weighted by Crippen LogP contribution is 2.24. The molecule has 130 valence electrons. The molecule has 0 saturated carbocycles. The van der Waals surface area contributed by atoms with Gasteiger partial charge in [-0.3, -0.25) is 10.1 Å².